The summed E-state index contributed by atoms with van der Waals surface area (Å²) in [6, 6.07) is 16.2. The zero-order valence-corrected chi connectivity index (χ0v) is 16.8. The Morgan fingerprint density at radius 3 is 2.80 bits per heavy atom. The van der Waals surface area contributed by atoms with Gasteiger partial charge < -0.3 is 14.6 Å². The average molecular weight is 401 g/mol. The van der Waals surface area contributed by atoms with Crippen molar-refractivity contribution in [3.05, 3.63) is 78.0 Å². The van der Waals surface area contributed by atoms with E-state index in [4.69, 9.17) is 4.74 Å². The number of ether oxygens (including phenoxy) is 1. The predicted octanol–water partition coefficient (Wildman–Crippen LogP) is 3.33. The van der Waals surface area contributed by atoms with Gasteiger partial charge in [-0.2, -0.15) is 5.10 Å². The summed E-state index contributed by atoms with van der Waals surface area (Å²) in [5, 5.41) is 5.32. The van der Waals surface area contributed by atoms with Gasteiger partial charge in [-0.1, -0.05) is 30.3 Å². The van der Waals surface area contributed by atoms with Gasteiger partial charge in [0, 0.05) is 23.1 Å². The lowest BCUT2D eigenvalue weighted by atomic mass is 9.92. The zero-order valence-electron chi connectivity index (χ0n) is 16.8. The largest absolute Gasteiger partial charge is 0.494 e. The molecule has 2 aromatic carbocycles. The molecule has 0 fully saturated rings. The van der Waals surface area contributed by atoms with E-state index in [9.17, 15) is 4.79 Å². The molecule has 152 valence electrons. The van der Waals surface area contributed by atoms with Crippen LogP contribution in [0.5, 0.6) is 5.75 Å². The molecule has 1 N–H and O–H groups in total. The van der Waals surface area contributed by atoms with Gasteiger partial charge in [-0.15, -0.1) is 0 Å². The summed E-state index contributed by atoms with van der Waals surface area (Å²) in [5.41, 5.74) is 4.52. The van der Waals surface area contributed by atoms with Gasteiger partial charge in [0.05, 0.1) is 12.6 Å². The second-order valence-corrected chi connectivity index (χ2v) is 7.40. The van der Waals surface area contributed by atoms with Crippen LogP contribution in [0.1, 0.15) is 29.8 Å². The normalized spacial score (nSPS) is 15.9. The number of rotatable bonds is 5. The molecule has 0 bridgehead atoms. The third-order valence-corrected chi connectivity index (χ3v) is 5.63. The lowest BCUT2D eigenvalue weighted by molar-refractivity contribution is -0.134. The third kappa shape index (κ3) is 3.22. The summed E-state index contributed by atoms with van der Waals surface area (Å²) in [5.74, 6) is 0.845. The van der Waals surface area contributed by atoms with Crippen molar-refractivity contribution in [1.29, 1.82) is 0 Å². The maximum absolute atomic E-state index is 13.2. The molecular weight excluding hydrogens is 378 g/mol. The lowest BCUT2D eigenvalue weighted by Gasteiger charge is -2.36. The molecule has 5 rings (SSSR count). The monoisotopic (exact) mass is 401 g/mol. The van der Waals surface area contributed by atoms with Crippen molar-refractivity contribution in [2.24, 2.45) is 0 Å². The number of para-hydroxylation sites is 1. The van der Waals surface area contributed by atoms with Crippen LogP contribution in [0.15, 0.2) is 61.2 Å². The summed E-state index contributed by atoms with van der Waals surface area (Å²) in [4.78, 5) is 22.7. The molecule has 0 aliphatic carbocycles. The Morgan fingerprint density at radius 1 is 1.20 bits per heavy atom. The quantitative estimate of drug-likeness (QED) is 0.557. The third-order valence-electron chi connectivity index (χ3n) is 5.63. The Morgan fingerprint density at radius 2 is 2.03 bits per heavy atom. The number of aromatic amines is 1. The van der Waals surface area contributed by atoms with Crippen molar-refractivity contribution in [2.75, 3.05) is 13.2 Å². The maximum atomic E-state index is 13.2. The number of carbonyl (C=O) groups is 1. The molecule has 1 amide bonds. The Hall–Kier alpha value is -3.61. The SMILES string of the molecule is CCOc1ccc([C@@H]2c3[nH]c4ccccc4c3CCN2C(=O)Cn2cncn2)cc1. The molecule has 1 aliphatic rings. The molecule has 0 spiro atoms. The molecular formula is C23H23N5O2. The molecule has 4 aromatic rings. The fourth-order valence-electron chi connectivity index (χ4n) is 4.31. The summed E-state index contributed by atoms with van der Waals surface area (Å²) < 4.78 is 7.17. The molecule has 0 saturated carbocycles. The predicted molar refractivity (Wildman–Crippen MR) is 113 cm³/mol. The minimum atomic E-state index is -0.187. The van der Waals surface area contributed by atoms with Crippen LogP contribution in [0.4, 0.5) is 0 Å². The van der Waals surface area contributed by atoms with Gasteiger partial charge >= 0.3 is 0 Å². The molecule has 1 atom stereocenters. The highest BCUT2D eigenvalue weighted by molar-refractivity contribution is 5.86. The van der Waals surface area contributed by atoms with E-state index in [2.05, 4.69) is 33.3 Å². The van der Waals surface area contributed by atoms with E-state index in [1.54, 1.807) is 11.0 Å². The van der Waals surface area contributed by atoms with Crippen LogP contribution in [0.3, 0.4) is 0 Å². The van der Waals surface area contributed by atoms with Gasteiger partial charge in [-0.3, -0.25) is 4.79 Å². The number of carbonyl (C=O) groups excluding carboxylic acids is 1. The molecule has 2 aromatic heterocycles. The number of benzene rings is 2. The van der Waals surface area contributed by atoms with Gasteiger partial charge in [-0.05, 0) is 42.7 Å². The maximum Gasteiger partial charge on any atom is 0.245 e. The van der Waals surface area contributed by atoms with Crippen LogP contribution < -0.4 is 4.74 Å². The van der Waals surface area contributed by atoms with E-state index < -0.39 is 0 Å². The Kier molecular flexibility index (Phi) is 4.71. The fraction of sp³-hybridized carbons (Fsp3) is 0.261. The molecule has 7 nitrogen and oxygen atoms in total. The Bertz CT molecular complexity index is 1160. The first-order valence-electron chi connectivity index (χ1n) is 10.2. The van der Waals surface area contributed by atoms with Crippen LogP contribution in [-0.4, -0.2) is 43.7 Å². The number of amides is 1. The standard InChI is InChI=1S/C23H23N5O2/c1-2-30-17-9-7-16(8-10-17)23-22-19(18-5-3-4-6-20(18)26-22)11-12-28(23)21(29)13-27-15-24-14-25-27/h3-10,14-15,23,26H,2,11-13H2,1H3/t23-/m1/s1. The minimum absolute atomic E-state index is 0.0173. The van der Waals surface area contributed by atoms with Gasteiger partial charge in [0.1, 0.15) is 24.9 Å². The first-order valence-corrected chi connectivity index (χ1v) is 10.2. The van der Waals surface area contributed by atoms with E-state index in [1.165, 1.54) is 17.3 Å². The zero-order chi connectivity index (χ0) is 20.5. The summed E-state index contributed by atoms with van der Waals surface area (Å²) in [6.07, 6.45) is 3.83. The fourth-order valence-corrected chi connectivity index (χ4v) is 4.31. The number of H-pyrrole nitrogens is 1. The smallest absolute Gasteiger partial charge is 0.245 e. The van der Waals surface area contributed by atoms with E-state index >= 15 is 0 Å². The number of hydrogen-bond acceptors (Lipinski definition) is 4. The lowest BCUT2D eigenvalue weighted by Crippen LogP contribution is -2.42. The Balaban J connectivity index is 1.57. The number of nitrogens with one attached hydrogen (secondary N) is 1. The van der Waals surface area contributed by atoms with Crippen LogP contribution in [0.2, 0.25) is 0 Å². The van der Waals surface area contributed by atoms with Crippen LogP contribution in [0, 0.1) is 0 Å². The highest BCUT2D eigenvalue weighted by Crippen LogP contribution is 2.38. The molecule has 1 aliphatic heterocycles. The van der Waals surface area contributed by atoms with Crippen LogP contribution in [0.25, 0.3) is 10.9 Å². The number of nitrogens with zero attached hydrogens (tertiary/aromatic N) is 4. The highest BCUT2D eigenvalue weighted by atomic mass is 16.5. The van der Waals surface area contributed by atoms with Gasteiger partial charge in [-0.25, -0.2) is 9.67 Å². The molecule has 3 heterocycles. The summed E-state index contributed by atoms with van der Waals surface area (Å²) >= 11 is 0. The minimum Gasteiger partial charge on any atom is -0.494 e. The first-order chi connectivity index (χ1) is 14.7. The van der Waals surface area contributed by atoms with Crippen molar-refractivity contribution < 1.29 is 9.53 Å². The van der Waals surface area contributed by atoms with E-state index in [-0.39, 0.29) is 18.5 Å². The first kappa shape index (κ1) is 18.4. The van der Waals surface area contributed by atoms with Crippen molar-refractivity contribution in [1.82, 2.24) is 24.6 Å². The second-order valence-electron chi connectivity index (χ2n) is 7.40. The number of hydrogen-bond donors (Lipinski definition) is 1. The molecule has 30 heavy (non-hydrogen) atoms. The van der Waals surface area contributed by atoms with E-state index in [0.717, 1.165) is 28.9 Å². The highest BCUT2D eigenvalue weighted by Gasteiger charge is 2.34. The van der Waals surface area contributed by atoms with Crippen molar-refractivity contribution in [2.45, 2.75) is 25.9 Å². The van der Waals surface area contributed by atoms with Gasteiger partial charge in [0.2, 0.25) is 5.91 Å². The Labute approximate surface area is 174 Å². The topological polar surface area (TPSA) is 76.0 Å². The van der Waals surface area contributed by atoms with Crippen molar-refractivity contribution in [3.8, 4) is 5.75 Å². The van der Waals surface area contributed by atoms with E-state index in [0.29, 0.717) is 13.2 Å². The molecule has 0 saturated heterocycles. The van der Waals surface area contributed by atoms with Crippen LogP contribution in [-0.2, 0) is 17.8 Å². The number of fused-ring (bicyclic) bond motifs is 3. The van der Waals surface area contributed by atoms with E-state index in [1.807, 2.05) is 42.2 Å². The van der Waals surface area contributed by atoms with Gasteiger partial charge in [0.15, 0.2) is 0 Å². The van der Waals surface area contributed by atoms with Crippen molar-refractivity contribution in [3.63, 3.8) is 0 Å². The number of aromatic nitrogens is 4. The molecule has 7 heteroatoms. The second kappa shape index (κ2) is 7.67. The average Bonchev–Trinajstić information content (AvgIpc) is 3.41. The van der Waals surface area contributed by atoms with Crippen LogP contribution >= 0.6 is 0 Å². The summed E-state index contributed by atoms with van der Waals surface area (Å²) in [6.45, 7) is 3.41. The molecule has 0 radical (unpaired) electrons. The van der Waals surface area contributed by atoms with Crippen molar-refractivity contribution >= 4 is 16.8 Å². The van der Waals surface area contributed by atoms with Gasteiger partial charge in [0.25, 0.3) is 0 Å². The molecule has 0 unspecified atom stereocenters. The summed E-state index contributed by atoms with van der Waals surface area (Å²) in [7, 11) is 0.